The first-order valence-electron chi connectivity index (χ1n) is 8.30. The van der Waals surface area contributed by atoms with Crippen LogP contribution in [0.3, 0.4) is 0 Å². The monoisotopic (exact) mass is 414 g/mol. The fraction of sp³-hybridized carbons (Fsp3) is 0.438. The third-order valence-electron chi connectivity index (χ3n) is 3.47. The molecule has 1 aliphatic rings. The lowest BCUT2D eigenvalue weighted by molar-refractivity contribution is -0.122. The van der Waals surface area contributed by atoms with Gasteiger partial charge >= 0.3 is 16.3 Å². The second-order valence-electron chi connectivity index (χ2n) is 7.04. The molecule has 1 fully saturated rings. The Hall–Kier alpha value is -3.02. The van der Waals surface area contributed by atoms with Crippen LogP contribution in [0.5, 0.6) is 5.75 Å². The van der Waals surface area contributed by atoms with E-state index in [1.54, 1.807) is 20.8 Å². The maximum atomic E-state index is 11.8. The van der Waals surface area contributed by atoms with E-state index in [9.17, 15) is 27.9 Å². The zero-order valence-corrected chi connectivity index (χ0v) is 16.4. The Labute approximate surface area is 162 Å². The standard InChI is InChI=1S/C16H22N4O7S/c1-16(2,3)27-15(24)18-17-13(22)7-5-10-4-6-11(12(21)8-10)20-9-14(23)19-28(20,25)26/h4,6,8,21H,5,7,9H2,1-3H3,(H,17,22)(H,18,24)(H,19,23). The van der Waals surface area contributed by atoms with Gasteiger partial charge in [-0.3, -0.25) is 15.0 Å². The molecule has 1 heterocycles. The SMILES string of the molecule is CC(C)(C)OC(=O)NNC(=O)CCc1ccc(N2CC(=O)NS2(=O)=O)c(O)c1. The highest BCUT2D eigenvalue weighted by atomic mass is 32.2. The molecule has 3 amide bonds. The highest BCUT2D eigenvalue weighted by Crippen LogP contribution is 2.31. The van der Waals surface area contributed by atoms with Crippen molar-refractivity contribution >= 4 is 33.8 Å². The smallest absolute Gasteiger partial charge is 0.426 e. The van der Waals surface area contributed by atoms with E-state index in [-0.39, 0.29) is 24.3 Å². The van der Waals surface area contributed by atoms with Crippen LogP contribution in [0.4, 0.5) is 10.5 Å². The fourth-order valence-electron chi connectivity index (χ4n) is 2.34. The number of ether oxygens (including phenoxy) is 1. The predicted molar refractivity (Wildman–Crippen MR) is 98.3 cm³/mol. The summed E-state index contributed by atoms with van der Waals surface area (Å²) in [7, 11) is -4.02. The van der Waals surface area contributed by atoms with Crippen molar-refractivity contribution in [3.05, 3.63) is 23.8 Å². The van der Waals surface area contributed by atoms with Gasteiger partial charge in [0.1, 0.15) is 17.9 Å². The second-order valence-corrected chi connectivity index (χ2v) is 8.63. The van der Waals surface area contributed by atoms with Crippen LogP contribution in [0.15, 0.2) is 18.2 Å². The van der Waals surface area contributed by atoms with Crippen LogP contribution in [0.1, 0.15) is 32.8 Å². The number of hydrazine groups is 1. The first-order chi connectivity index (χ1) is 12.9. The third kappa shape index (κ3) is 5.74. The molecule has 0 spiro atoms. The van der Waals surface area contributed by atoms with E-state index in [0.717, 1.165) is 4.31 Å². The molecule has 0 saturated carbocycles. The number of amides is 3. The average molecular weight is 414 g/mol. The fourth-order valence-corrected chi connectivity index (χ4v) is 3.50. The first-order valence-corrected chi connectivity index (χ1v) is 9.74. The maximum absolute atomic E-state index is 11.8. The molecule has 2 rings (SSSR count). The van der Waals surface area contributed by atoms with E-state index in [1.807, 2.05) is 4.72 Å². The number of benzene rings is 1. The first kappa shape index (κ1) is 21.3. The van der Waals surface area contributed by atoms with E-state index < -0.39 is 40.3 Å². The summed E-state index contributed by atoms with van der Waals surface area (Å²) in [5.74, 6) is -1.52. The number of nitrogens with zero attached hydrogens (tertiary/aromatic N) is 1. The number of phenols is 1. The summed E-state index contributed by atoms with van der Waals surface area (Å²) in [4.78, 5) is 34.5. The van der Waals surface area contributed by atoms with Crippen molar-refractivity contribution in [1.82, 2.24) is 15.6 Å². The van der Waals surface area contributed by atoms with Gasteiger partial charge in [-0.25, -0.2) is 19.2 Å². The molecular formula is C16H22N4O7S. The highest BCUT2D eigenvalue weighted by Gasteiger charge is 2.35. The van der Waals surface area contributed by atoms with E-state index >= 15 is 0 Å². The van der Waals surface area contributed by atoms with Gasteiger partial charge in [-0.2, -0.15) is 8.42 Å². The zero-order chi connectivity index (χ0) is 21.1. The number of rotatable bonds is 4. The largest absolute Gasteiger partial charge is 0.506 e. The number of carbonyl (C=O) groups is 3. The summed E-state index contributed by atoms with van der Waals surface area (Å²) in [5, 5.41) is 10.1. The second kappa shape index (κ2) is 7.92. The van der Waals surface area contributed by atoms with Crippen LogP contribution < -0.4 is 19.9 Å². The van der Waals surface area contributed by atoms with Crippen LogP contribution in [-0.4, -0.2) is 43.6 Å². The third-order valence-corrected chi connectivity index (χ3v) is 4.86. The highest BCUT2D eigenvalue weighted by molar-refractivity contribution is 7.92. The molecule has 0 aromatic heterocycles. The zero-order valence-electron chi connectivity index (χ0n) is 15.6. The molecule has 0 unspecified atom stereocenters. The molecule has 0 bridgehead atoms. The topological polar surface area (TPSA) is 154 Å². The van der Waals surface area contributed by atoms with Gasteiger partial charge in [0.15, 0.2) is 0 Å². The number of anilines is 1. The molecule has 1 aromatic rings. The van der Waals surface area contributed by atoms with Crippen molar-refractivity contribution in [3.63, 3.8) is 0 Å². The van der Waals surface area contributed by atoms with Gasteiger partial charge in [0, 0.05) is 6.42 Å². The van der Waals surface area contributed by atoms with Crippen LogP contribution >= 0.6 is 0 Å². The summed E-state index contributed by atoms with van der Waals surface area (Å²) < 4.78 is 31.2. The molecule has 28 heavy (non-hydrogen) atoms. The van der Waals surface area contributed by atoms with Crippen molar-refractivity contribution in [1.29, 1.82) is 0 Å². The van der Waals surface area contributed by atoms with E-state index in [1.165, 1.54) is 18.2 Å². The molecule has 1 aromatic carbocycles. The normalized spacial score (nSPS) is 15.7. The molecular weight excluding hydrogens is 392 g/mol. The summed E-state index contributed by atoms with van der Waals surface area (Å²) in [6.07, 6.45) is -0.575. The molecule has 1 aliphatic heterocycles. The van der Waals surface area contributed by atoms with Crippen molar-refractivity contribution < 1.29 is 32.6 Å². The average Bonchev–Trinajstić information content (AvgIpc) is 2.81. The van der Waals surface area contributed by atoms with E-state index in [2.05, 4.69) is 10.9 Å². The van der Waals surface area contributed by atoms with Gasteiger partial charge in [-0.15, -0.1) is 0 Å². The molecule has 4 N–H and O–H groups in total. The number of aromatic hydroxyl groups is 1. The van der Waals surface area contributed by atoms with Gasteiger partial charge in [0.05, 0.1) is 5.69 Å². The lowest BCUT2D eigenvalue weighted by atomic mass is 10.1. The Morgan fingerprint density at radius 2 is 1.96 bits per heavy atom. The minimum Gasteiger partial charge on any atom is -0.506 e. The molecule has 12 heteroatoms. The molecule has 11 nitrogen and oxygen atoms in total. The van der Waals surface area contributed by atoms with E-state index in [4.69, 9.17) is 4.74 Å². The molecule has 154 valence electrons. The Kier molecular flexibility index (Phi) is 6.02. The Bertz CT molecular complexity index is 893. The van der Waals surface area contributed by atoms with Gasteiger partial charge in [-0.05, 0) is 44.9 Å². The van der Waals surface area contributed by atoms with Crippen molar-refractivity contribution in [2.45, 2.75) is 39.2 Å². The van der Waals surface area contributed by atoms with Gasteiger partial charge in [0.2, 0.25) is 5.91 Å². The van der Waals surface area contributed by atoms with Crippen molar-refractivity contribution in [2.24, 2.45) is 0 Å². The minimum atomic E-state index is -4.02. The maximum Gasteiger partial charge on any atom is 0.426 e. The lowest BCUT2D eigenvalue weighted by Gasteiger charge is -2.19. The summed E-state index contributed by atoms with van der Waals surface area (Å²) in [5.41, 5.74) is 4.15. The number of phenolic OH excluding ortho intramolecular Hbond substituents is 1. The van der Waals surface area contributed by atoms with Gasteiger partial charge in [0.25, 0.3) is 5.91 Å². The summed E-state index contributed by atoms with van der Waals surface area (Å²) in [6, 6.07) is 4.18. The molecule has 0 radical (unpaired) electrons. The number of hydrogen-bond donors (Lipinski definition) is 4. The molecule has 1 saturated heterocycles. The van der Waals surface area contributed by atoms with E-state index in [0.29, 0.717) is 5.56 Å². The van der Waals surface area contributed by atoms with Crippen molar-refractivity contribution in [2.75, 3.05) is 10.8 Å². The van der Waals surface area contributed by atoms with Crippen LogP contribution in [0.25, 0.3) is 0 Å². The number of aryl methyl sites for hydroxylation is 1. The Balaban J connectivity index is 1.90. The molecule has 0 aliphatic carbocycles. The lowest BCUT2D eigenvalue weighted by Crippen LogP contribution is -2.44. The number of nitrogens with one attached hydrogen (secondary N) is 3. The molecule has 0 atom stereocenters. The quantitative estimate of drug-likeness (QED) is 0.508. The Morgan fingerprint density at radius 1 is 1.29 bits per heavy atom. The summed E-state index contributed by atoms with van der Waals surface area (Å²) in [6.45, 7) is 4.63. The minimum absolute atomic E-state index is 0.00333. The summed E-state index contributed by atoms with van der Waals surface area (Å²) >= 11 is 0. The van der Waals surface area contributed by atoms with Gasteiger partial charge in [-0.1, -0.05) is 6.07 Å². The van der Waals surface area contributed by atoms with Crippen molar-refractivity contribution in [3.8, 4) is 5.75 Å². The van der Waals surface area contributed by atoms with Crippen LogP contribution in [-0.2, 0) is 31.0 Å². The van der Waals surface area contributed by atoms with Crippen LogP contribution in [0, 0.1) is 0 Å². The Morgan fingerprint density at radius 3 is 2.50 bits per heavy atom. The predicted octanol–water partition coefficient (Wildman–Crippen LogP) is 0.0617. The number of carbonyl (C=O) groups excluding carboxylic acids is 3. The van der Waals surface area contributed by atoms with Crippen LogP contribution in [0.2, 0.25) is 0 Å². The van der Waals surface area contributed by atoms with Gasteiger partial charge < -0.3 is 9.84 Å². The number of hydrogen-bond acceptors (Lipinski definition) is 7.